The highest BCUT2D eigenvalue weighted by Gasteiger charge is 2.32. The van der Waals surface area contributed by atoms with Crippen LogP contribution < -0.4 is 4.74 Å². The minimum Gasteiger partial charge on any atom is -0.486 e. The third-order valence-corrected chi connectivity index (χ3v) is 3.07. The van der Waals surface area contributed by atoms with Gasteiger partial charge in [-0.1, -0.05) is 48.0 Å². The molecule has 0 amide bonds. The summed E-state index contributed by atoms with van der Waals surface area (Å²) in [7, 11) is 0. The molecule has 0 fully saturated rings. The van der Waals surface area contributed by atoms with Gasteiger partial charge in [-0.2, -0.15) is 8.78 Å². The molecule has 0 saturated heterocycles. The topological polar surface area (TPSA) is 26.3 Å². The van der Waals surface area contributed by atoms with Gasteiger partial charge in [0.25, 0.3) is 0 Å². The van der Waals surface area contributed by atoms with Gasteiger partial charge in [-0.15, -0.1) is 0 Å². The number of ether oxygens (including phenoxy) is 1. The lowest BCUT2D eigenvalue weighted by atomic mass is 10.1. The number of rotatable bonds is 5. The Morgan fingerprint density at radius 1 is 1.10 bits per heavy atom. The number of aldehydes is 1. The molecule has 104 valence electrons. The molecular weight excluding hydrogens is 286 g/mol. The quantitative estimate of drug-likeness (QED) is 0.768. The summed E-state index contributed by atoms with van der Waals surface area (Å²) in [6, 6.07) is 11.8. The number of carbonyl (C=O) groups is 1. The van der Waals surface area contributed by atoms with Crippen molar-refractivity contribution in [2.75, 3.05) is 6.61 Å². The van der Waals surface area contributed by atoms with Gasteiger partial charge in [0.2, 0.25) is 0 Å². The van der Waals surface area contributed by atoms with E-state index in [1.165, 1.54) is 42.5 Å². The van der Waals surface area contributed by atoms with Gasteiger partial charge >= 0.3 is 5.92 Å². The molecule has 0 N–H and O–H groups in total. The number of hydrogen-bond donors (Lipinski definition) is 0. The predicted molar refractivity (Wildman–Crippen MR) is 72.7 cm³/mol. The summed E-state index contributed by atoms with van der Waals surface area (Å²) in [6.07, 6.45) is 0.484. The van der Waals surface area contributed by atoms with Crippen molar-refractivity contribution < 1.29 is 18.3 Å². The zero-order valence-electron chi connectivity index (χ0n) is 10.4. The van der Waals surface area contributed by atoms with E-state index in [4.69, 9.17) is 16.3 Å². The molecule has 0 saturated carbocycles. The van der Waals surface area contributed by atoms with Gasteiger partial charge in [0.1, 0.15) is 5.75 Å². The van der Waals surface area contributed by atoms with Crippen molar-refractivity contribution in [3.8, 4) is 5.75 Å². The van der Waals surface area contributed by atoms with Crippen LogP contribution in [0.1, 0.15) is 15.9 Å². The molecule has 0 bridgehead atoms. The summed E-state index contributed by atoms with van der Waals surface area (Å²) in [6.45, 7) is -0.863. The smallest absolute Gasteiger partial charge is 0.306 e. The molecular formula is C15H11ClF2O2. The van der Waals surface area contributed by atoms with E-state index in [-0.39, 0.29) is 21.9 Å². The fraction of sp³-hybridized carbons (Fsp3) is 0.133. The number of benzene rings is 2. The van der Waals surface area contributed by atoms with Crippen molar-refractivity contribution in [3.05, 3.63) is 64.7 Å². The fourth-order valence-corrected chi connectivity index (χ4v) is 1.90. The third kappa shape index (κ3) is 3.14. The maximum atomic E-state index is 13.9. The van der Waals surface area contributed by atoms with Gasteiger partial charge in [0.15, 0.2) is 12.9 Å². The Labute approximate surface area is 119 Å². The summed E-state index contributed by atoms with van der Waals surface area (Å²) < 4.78 is 32.9. The van der Waals surface area contributed by atoms with Gasteiger partial charge in [-0.05, 0) is 12.1 Å². The fourth-order valence-electron chi connectivity index (χ4n) is 1.69. The molecule has 0 spiro atoms. The van der Waals surface area contributed by atoms with E-state index in [0.29, 0.717) is 6.29 Å². The number of alkyl halides is 2. The van der Waals surface area contributed by atoms with Crippen LogP contribution in [0.3, 0.4) is 0 Å². The first-order chi connectivity index (χ1) is 9.54. The van der Waals surface area contributed by atoms with Crippen molar-refractivity contribution in [1.29, 1.82) is 0 Å². The van der Waals surface area contributed by atoms with Gasteiger partial charge in [0.05, 0.1) is 10.6 Å². The molecule has 2 rings (SSSR count). The molecule has 20 heavy (non-hydrogen) atoms. The number of carbonyl (C=O) groups excluding carboxylic acids is 1. The first kappa shape index (κ1) is 14.5. The Bertz CT molecular complexity index is 600. The molecule has 0 aliphatic heterocycles. The minimum absolute atomic E-state index is 0.0445. The minimum atomic E-state index is -3.15. The second-order valence-corrected chi connectivity index (χ2v) is 4.54. The summed E-state index contributed by atoms with van der Waals surface area (Å²) in [4.78, 5) is 10.9. The summed E-state index contributed by atoms with van der Waals surface area (Å²) >= 11 is 5.80. The summed E-state index contributed by atoms with van der Waals surface area (Å²) in [5.41, 5.74) is -0.0762. The van der Waals surface area contributed by atoms with Crippen LogP contribution in [0.25, 0.3) is 0 Å². The average Bonchev–Trinajstić information content (AvgIpc) is 2.46. The van der Waals surface area contributed by atoms with Crippen molar-refractivity contribution >= 4 is 17.9 Å². The lowest BCUT2D eigenvalue weighted by Crippen LogP contribution is -2.23. The Balaban J connectivity index is 2.17. The number of halogens is 3. The van der Waals surface area contributed by atoms with Gasteiger partial charge in [-0.3, -0.25) is 4.79 Å². The molecule has 0 heterocycles. The highest BCUT2D eigenvalue weighted by Crippen LogP contribution is 2.31. The SMILES string of the molecule is O=Cc1c(Cl)cccc1OCC(F)(F)c1ccccc1. The molecule has 0 aromatic heterocycles. The third-order valence-electron chi connectivity index (χ3n) is 2.74. The van der Waals surface area contributed by atoms with Crippen LogP contribution in [0.15, 0.2) is 48.5 Å². The lowest BCUT2D eigenvalue weighted by Gasteiger charge is -2.18. The van der Waals surface area contributed by atoms with Crippen LogP contribution in [-0.2, 0) is 5.92 Å². The van der Waals surface area contributed by atoms with E-state index in [1.807, 2.05) is 0 Å². The molecule has 0 aliphatic carbocycles. The van der Waals surface area contributed by atoms with E-state index >= 15 is 0 Å². The molecule has 0 radical (unpaired) electrons. The average molecular weight is 297 g/mol. The van der Waals surface area contributed by atoms with E-state index in [2.05, 4.69) is 0 Å². The predicted octanol–water partition coefficient (Wildman–Crippen LogP) is 4.32. The van der Waals surface area contributed by atoms with E-state index in [9.17, 15) is 13.6 Å². The van der Waals surface area contributed by atoms with Crippen molar-refractivity contribution in [2.24, 2.45) is 0 Å². The molecule has 2 nitrogen and oxygen atoms in total. The Hall–Kier alpha value is -1.94. The summed E-state index contributed by atoms with van der Waals surface area (Å²) in [5.74, 6) is -3.10. The van der Waals surface area contributed by atoms with Crippen LogP contribution >= 0.6 is 11.6 Å². The molecule has 2 aromatic rings. The first-order valence-electron chi connectivity index (χ1n) is 5.84. The van der Waals surface area contributed by atoms with Gasteiger partial charge in [0, 0.05) is 5.56 Å². The largest absolute Gasteiger partial charge is 0.486 e. The van der Waals surface area contributed by atoms with Crippen molar-refractivity contribution in [2.45, 2.75) is 5.92 Å². The maximum absolute atomic E-state index is 13.9. The summed E-state index contributed by atoms with van der Waals surface area (Å²) in [5, 5.41) is 0.167. The molecule has 0 aliphatic rings. The Morgan fingerprint density at radius 3 is 2.45 bits per heavy atom. The molecule has 0 unspecified atom stereocenters. The molecule has 5 heteroatoms. The Morgan fingerprint density at radius 2 is 1.80 bits per heavy atom. The van der Waals surface area contributed by atoms with Gasteiger partial charge in [-0.25, -0.2) is 0 Å². The zero-order chi connectivity index (χ0) is 14.6. The van der Waals surface area contributed by atoms with E-state index in [0.717, 1.165) is 0 Å². The molecule has 2 aromatic carbocycles. The van der Waals surface area contributed by atoms with Crippen molar-refractivity contribution in [1.82, 2.24) is 0 Å². The highest BCUT2D eigenvalue weighted by atomic mass is 35.5. The molecule has 0 atom stereocenters. The van der Waals surface area contributed by atoms with Crippen LogP contribution in [0.2, 0.25) is 5.02 Å². The number of hydrogen-bond acceptors (Lipinski definition) is 2. The highest BCUT2D eigenvalue weighted by molar-refractivity contribution is 6.33. The standard InChI is InChI=1S/C15H11ClF2O2/c16-13-7-4-8-14(12(13)9-19)20-10-15(17,18)11-5-2-1-3-6-11/h1-9H,10H2. The van der Waals surface area contributed by atoms with E-state index < -0.39 is 12.5 Å². The van der Waals surface area contributed by atoms with Crippen LogP contribution in [-0.4, -0.2) is 12.9 Å². The first-order valence-corrected chi connectivity index (χ1v) is 6.22. The van der Waals surface area contributed by atoms with Crippen LogP contribution in [0, 0.1) is 0 Å². The second kappa shape index (κ2) is 6.01. The van der Waals surface area contributed by atoms with Crippen LogP contribution in [0.4, 0.5) is 8.78 Å². The Kier molecular flexibility index (Phi) is 4.35. The van der Waals surface area contributed by atoms with Crippen LogP contribution in [0.5, 0.6) is 5.75 Å². The zero-order valence-corrected chi connectivity index (χ0v) is 11.1. The monoisotopic (exact) mass is 296 g/mol. The van der Waals surface area contributed by atoms with E-state index in [1.54, 1.807) is 6.07 Å². The second-order valence-electron chi connectivity index (χ2n) is 4.13. The maximum Gasteiger partial charge on any atom is 0.306 e. The normalized spacial score (nSPS) is 11.2. The van der Waals surface area contributed by atoms with Crippen molar-refractivity contribution in [3.63, 3.8) is 0 Å². The van der Waals surface area contributed by atoms with Gasteiger partial charge < -0.3 is 4.74 Å². The lowest BCUT2D eigenvalue weighted by molar-refractivity contribution is -0.0468.